The zero-order chi connectivity index (χ0) is 21.2. The quantitative estimate of drug-likeness (QED) is 0.451. The molecule has 5 rings (SSSR count). The van der Waals surface area contributed by atoms with Gasteiger partial charge in [-0.05, 0) is 43.3 Å². The molecule has 2 heterocycles. The Morgan fingerprint density at radius 2 is 1.71 bits per heavy atom. The predicted octanol–water partition coefficient (Wildman–Crippen LogP) is 4.94. The van der Waals surface area contributed by atoms with Crippen LogP contribution in [0, 0.1) is 6.92 Å². The fraction of sp³-hybridized carbons (Fsp3) is 0.231. The van der Waals surface area contributed by atoms with Crippen LogP contribution in [0.4, 0.5) is 5.69 Å². The lowest BCUT2D eigenvalue weighted by molar-refractivity contribution is -0.117. The number of nitrogens with zero attached hydrogens (tertiary/aromatic N) is 3. The van der Waals surface area contributed by atoms with Gasteiger partial charge in [-0.2, -0.15) is 0 Å². The van der Waals surface area contributed by atoms with Crippen molar-refractivity contribution in [2.75, 3.05) is 18.1 Å². The first kappa shape index (κ1) is 19.4. The van der Waals surface area contributed by atoms with Gasteiger partial charge in [-0.1, -0.05) is 48.0 Å². The molecule has 1 saturated heterocycles. The van der Waals surface area contributed by atoms with Crippen molar-refractivity contribution < 1.29 is 9.53 Å². The number of carbonyl (C=O) groups excluding carboxylic acids is 1. The number of anilines is 1. The summed E-state index contributed by atoms with van der Waals surface area (Å²) in [6.45, 7) is 3.93. The van der Waals surface area contributed by atoms with Gasteiger partial charge in [0, 0.05) is 24.6 Å². The number of ether oxygens (including phenoxy) is 1. The lowest BCUT2D eigenvalue weighted by atomic mass is 10.1. The minimum atomic E-state index is 0.0551. The molecule has 1 unspecified atom stereocenters. The third-order valence-corrected chi connectivity index (χ3v) is 5.85. The Bertz CT molecular complexity index is 1200. The largest absolute Gasteiger partial charge is 0.492 e. The molecule has 1 aliphatic heterocycles. The summed E-state index contributed by atoms with van der Waals surface area (Å²) >= 11 is 0. The van der Waals surface area contributed by atoms with Crippen molar-refractivity contribution >= 4 is 22.6 Å². The van der Waals surface area contributed by atoms with Crippen LogP contribution in [0.25, 0.3) is 11.0 Å². The van der Waals surface area contributed by atoms with Gasteiger partial charge in [0.05, 0.1) is 17.6 Å². The summed E-state index contributed by atoms with van der Waals surface area (Å²) in [5.41, 5.74) is 4.19. The Balaban J connectivity index is 1.40. The van der Waals surface area contributed by atoms with Crippen LogP contribution < -0.4 is 9.64 Å². The van der Waals surface area contributed by atoms with Gasteiger partial charge < -0.3 is 14.2 Å². The number of amides is 1. The Morgan fingerprint density at radius 3 is 2.52 bits per heavy atom. The number of hydrogen-bond acceptors (Lipinski definition) is 3. The van der Waals surface area contributed by atoms with Crippen molar-refractivity contribution in [3.63, 3.8) is 0 Å². The molecule has 0 aliphatic carbocycles. The highest BCUT2D eigenvalue weighted by Crippen LogP contribution is 2.33. The first-order chi connectivity index (χ1) is 15.2. The Kier molecular flexibility index (Phi) is 5.16. The summed E-state index contributed by atoms with van der Waals surface area (Å²) in [5, 5.41) is 0. The van der Waals surface area contributed by atoms with E-state index >= 15 is 0 Å². The van der Waals surface area contributed by atoms with Gasteiger partial charge in [-0.3, -0.25) is 4.79 Å². The van der Waals surface area contributed by atoms with Gasteiger partial charge in [0.25, 0.3) is 0 Å². The number of aryl methyl sites for hydroxylation is 1. The van der Waals surface area contributed by atoms with E-state index in [1.54, 1.807) is 0 Å². The Labute approximate surface area is 181 Å². The monoisotopic (exact) mass is 411 g/mol. The second-order valence-electron chi connectivity index (χ2n) is 8.01. The standard InChI is InChI=1S/C26H25N3O2/c1-19-11-13-22(14-12-19)31-16-15-28-24-10-6-5-9-23(24)27-26(28)20-17-25(30)29(18-20)21-7-3-2-4-8-21/h2-14,20H,15-18H2,1H3. The average Bonchev–Trinajstić information content (AvgIpc) is 3.36. The summed E-state index contributed by atoms with van der Waals surface area (Å²) in [6, 6.07) is 26.1. The number of benzene rings is 3. The molecule has 0 saturated carbocycles. The van der Waals surface area contributed by atoms with Crippen molar-refractivity contribution in [2.45, 2.75) is 25.8 Å². The minimum absolute atomic E-state index is 0.0551. The molecule has 0 spiro atoms. The van der Waals surface area contributed by atoms with Crippen molar-refractivity contribution in [2.24, 2.45) is 0 Å². The minimum Gasteiger partial charge on any atom is -0.492 e. The summed E-state index contributed by atoms with van der Waals surface area (Å²) in [5.74, 6) is 2.02. The van der Waals surface area contributed by atoms with E-state index in [4.69, 9.17) is 9.72 Å². The van der Waals surface area contributed by atoms with Crippen LogP contribution in [0.5, 0.6) is 5.75 Å². The molecule has 1 atom stereocenters. The van der Waals surface area contributed by atoms with Crippen LogP contribution in [-0.2, 0) is 11.3 Å². The van der Waals surface area contributed by atoms with E-state index in [0.29, 0.717) is 26.1 Å². The predicted molar refractivity (Wildman–Crippen MR) is 123 cm³/mol. The lowest BCUT2D eigenvalue weighted by Crippen LogP contribution is -2.24. The van der Waals surface area contributed by atoms with Crippen LogP contribution >= 0.6 is 0 Å². The molecule has 0 radical (unpaired) electrons. The number of imidazole rings is 1. The number of carbonyl (C=O) groups is 1. The number of hydrogen-bond donors (Lipinski definition) is 0. The molecule has 1 fully saturated rings. The van der Waals surface area contributed by atoms with Crippen LogP contribution in [0.3, 0.4) is 0 Å². The Hall–Kier alpha value is -3.60. The van der Waals surface area contributed by atoms with Crippen molar-refractivity contribution in [1.29, 1.82) is 0 Å². The van der Waals surface area contributed by atoms with E-state index in [-0.39, 0.29) is 11.8 Å². The fourth-order valence-corrected chi connectivity index (χ4v) is 4.27. The number of fused-ring (bicyclic) bond motifs is 1. The zero-order valence-electron chi connectivity index (χ0n) is 17.6. The molecule has 5 heteroatoms. The maximum atomic E-state index is 12.8. The van der Waals surface area contributed by atoms with Crippen molar-refractivity contribution in [1.82, 2.24) is 9.55 Å². The van der Waals surface area contributed by atoms with Gasteiger partial charge in [0.1, 0.15) is 18.2 Å². The molecule has 1 aliphatic rings. The highest BCUT2D eigenvalue weighted by atomic mass is 16.5. The van der Waals surface area contributed by atoms with Crippen LogP contribution in [0.1, 0.15) is 23.7 Å². The molecule has 3 aromatic carbocycles. The van der Waals surface area contributed by atoms with Gasteiger partial charge in [0.15, 0.2) is 0 Å². The van der Waals surface area contributed by atoms with E-state index < -0.39 is 0 Å². The van der Waals surface area contributed by atoms with Gasteiger partial charge in [-0.15, -0.1) is 0 Å². The molecule has 1 aromatic heterocycles. The fourth-order valence-electron chi connectivity index (χ4n) is 4.27. The first-order valence-corrected chi connectivity index (χ1v) is 10.7. The summed E-state index contributed by atoms with van der Waals surface area (Å²) in [4.78, 5) is 19.6. The molecule has 0 bridgehead atoms. The van der Waals surface area contributed by atoms with Gasteiger partial charge >= 0.3 is 0 Å². The highest BCUT2D eigenvalue weighted by molar-refractivity contribution is 5.96. The van der Waals surface area contributed by atoms with Crippen molar-refractivity contribution in [3.05, 3.63) is 90.3 Å². The highest BCUT2D eigenvalue weighted by Gasteiger charge is 2.34. The summed E-state index contributed by atoms with van der Waals surface area (Å²) in [7, 11) is 0. The average molecular weight is 412 g/mol. The topological polar surface area (TPSA) is 47.4 Å². The SMILES string of the molecule is Cc1ccc(OCCn2c(C3CC(=O)N(c4ccccc4)C3)nc3ccccc32)cc1. The first-order valence-electron chi connectivity index (χ1n) is 10.7. The molecule has 5 nitrogen and oxygen atoms in total. The van der Waals surface area contributed by atoms with E-state index in [1.807, 2.05) is 65.6 Å². The van der Waals surface area contributed by atoms with E-state index in [1.165, 1.54) is 5.56 Å². The maximum Gasteiger partial charge on any atom is 0.227 e. The lowest BCUT2D eigenvalue weighted by Gasteiger charge is -2.17. The third kappa shape index (κ3) is 3.91. The molecular weight excluding hydrogens is 386 g/mol. The van der Waals surface area contributed by atoms with E-state index in [0.717, 1.165) is 28.3 Å². The summed E-state index contributed by atoms with van der Waals surface area (Å²) < 4.78 is 8.20. The molecular formula is C26H25N3O2. The molecule has 4 aromatic rings. The van der Waals surface area contributed by atoms with Crippen LogP contribution in [0.15, 0.2) is 78.9 Å². The molecule has 0 N–H and O–H groups in total. The summed E-state index contributed by atoms with van der Waals surface area (Å²) in [6.07, 6.45) is 0.469. The van der Waals surface area contributed by atoms with E-state index in [2.05, 4.69) is 29.7 Å². The molecule has 1 amide bonds. The van der Waals surface area contributed by atoms with Crippen molar-refractivity contribution in [3.8, 4) is 5.75 Å². The third-order valence-electron chi connectivity index (χ3n) is 5.85. The Morgan fingerprint density at radius 1 is 0.968 bits per heavy atom. The van der Waals surface area contributed by atoms with E-state index in [9.17, 15) is 4.79 Å². The number of para-hydroxylation sites is 3. The molecule has 31 heavy (non-hydrogen) atoms. The van der Waals surface area contributed by atoms with Crippen LogP contribution in [0.2, 0.25) is 0 Å². The number of aromatic nitrogens is 2. The second-order valence-corrected chi connectivity index (χ2v) is 8.01. The smallest absolute Gasteiger partial charge is 0.227 e. The van der Waals surface area contributed by atoms with Gasteiger partial charge in [0.2, 0.25) is 5.91 Å². The maximum absolute atomic E-state index is 12.8. The second kappa shape index (κ2) is 8.26. The zero-order valence-corrected chi connectivity index (χ0v) is 17.6. The van der Waals surface area contributed by atoms with Crippen LogP contribution in [-0.4, -0.2) is 28.6 Å². The number of rotatable bonds is 6. The normalized spacial score (nSPS) is 16.2. The molecule has 156 valence electrons. The van der Waals surface area contributed by atoms with Gasteiger partial charge in [-0.25, -0.2) is 4.98 Å².